The summed E-state index contributed by atoms with van der Waals surface area (Å²) >= 11 is 1.06. The van der Waals surface area contributed by atoms with Crippen LogP contribution >= 0.6 is 11.8 Å². The Balaban J connectivity index is 1.51. The van der Waals surface area contributed by atoms with Gasteiger partial charge in [-0.15, -0.1) is 0 Å². The van der Waals surface area contributed by atoms with Crippen LogP contribution in [-0.4, -0.2) is 33.8 Å². The van der Waals surface area contributed by atoms with Gasteiger partial charge >= 0.3 is 0 Å². The van der Waals surface area contributed by atoms with Crippen LogP contribution in [0.2, 0.25) is 0 Å². The minimum Gasteiger partial charge on any atom is -0.494 e. The van der Waals surface area contributed by atoms with E-state index in [9.17, 15) is 14.4 Å². The van der Waals surface area contributed by atoms with Crippen LogP contribution in [0.15, 0.2) is 88.8 Å². The van der Waals surface area contributed by atoms with Crippen LogP contribution in [0.1, 0.15) is 12.5 Å². The Morgan fingerprint density at radius 1 is 0.943 bits per heavy atom. The van der Waals surface area contributed by atoms with E-state index in [1.807, 2.05) is 37.3 Å². The van der Waals surface area contributed by atoms with Gasteiger partial charge in [-0.1, -0.05) is 54.2 Å². The van der Waals surface area contributed by atoms with E-state index in [1.54, 1.807) is 48.5 Å². The Kier molecular flexibility index (Phi) is 7.79. The highest BCUT2D eigenvalue weighted by atomic mass is 32.2. The number of carbonyl (C=O) groups is 2. The zero-order valence-electron chi connectivity index (χ0n) is 19.1. The smallest absolute Gasteiger partial charge is 0.281 e. The van der Waals surface area contributed by atoms with E-state index in [1.165, 1.54) is 0 Å². The minimum absolute atomic E-state index is 0.00739. The number of aromatic nitrogens is 2. The number of hydrogen-bond acceptors (Lipinski definition) is 6. The highest BCUT2D eigenvalue weighted by molar-refractivity contribution is 7.99. The average molecular weight is 489 g/mol. The first kappa shape index (κ1) is 24.0. The predicted octanol–water partition coefficient (Wildman–Crippen LogP) is 3.84. The van der Waals surface area contributed by atoms with Gasteiger partial charge in [-0.3, -0.25) is 19.8 Å². The minimum atomic E-state index is -0.411. The molecule has 0 saturated heterocycles. The van der Waals surface area contributed by atoms with E-state index >= 15 is 0 Å². The van der Waals surface area contributed by atoms with Crippen LogP contribution in [0.4, 0.5) is 5.69 Å². The maximum absolute atomic E-state index is 13.1. The Morgan fingerprint density at radius 2 is 1.66 bits per heavy atom. The van der Waals surface area contributed by atoms with Crippen molar-refractivity contribution in [1.82, 2.24) is 9.66 Å². The van der Waals surface area contributed by atoms with E-state index in [0.29, 0.717) is 23.2 Å². The van der Waals surface area contributed by atoms with E-state index in [2.05, 4.69) is 15.7 Å². The van der Waals surface area contributed by atoms with Gasteiger partial charge in [-0.05, 0) is 48.9 Å². The zero-order valence-corrected chi connectivity index (χ0v) is 19.9. The van der Waals surface area contributed by atoms with Gasteiger partial charge in [-0.25, -0.2) is 4.98 Å². The largest absolute Gasteiger partial charge is 0.494 e. The van der Waals surface area contributed by atoms with Crippen molar-refractivity contribution in [2.24, 2.45) is 0 Å². The maximum Gasteiger partial charge on any atom is 0.281 e. The number of fused-ring (bicyclic) bond motifs is 1. The van der Waals surface area contributed by atoms with Gasteiger partial charge < -0.3 is 10.1 Å². The molecule has 0 radical (unpaired) electrons. The fraction of sp³-hybridized carbons (Fsp3) is 0.154. The molecule has 0 unspecified atom stereocenters. The Bertz CT molecular complexity index is 1390. The number of thioether (sulfide) groups is 1. The van der Waals surface area contributed by atoms with E-state index in [4.69, 9.17) is 4.74 Å². The molecule has 9 heteroatoms. The van der Waals surface area contributed by atoms with Crippen LogP contribution in [0.3, 0.4) is 0 Å². The van der Waals surface area contributed by atoms with Crippen molar-refractivity contribution in [2.45, 2.75) is 18.5 Å². The molecule has 0 spiro atoms. The highest BCUT2D eigenvalue weighted by Gasteiger charge is 2.16. The van der Waals surface area contributed by atoms with Crippen LogP contribution in [0.5, 0.6) is 5.75 Å². The van der Waals surface area contributed by atoms with Crippen molar-refractivity contribution >= 4 is 40.2 Å². The molecule has 8 nitrogen and oxygen atoms in total. The first-order chi connectivity index (χ1) is 17.0. The van der Waals surface area contributed by atoms with Crippen LogP contribution < -0.4 is 21.0 Å². The third-order valence-corrected chi connectivity index (χ3v) is 5.91. The first-order valence-electron chi connectivity index (χ1n) is 11.0. The van der Waals surface area contributed by atoms with E-state index < -0.39 is 5.56 Å². The number of carbonyl (C=O) groups excluding carboxylic acids is 2. The molecular weight excluding hydrogens is 464 g/mol. The molecule has 4 rings (SSSR count). The summed E-state index contributed by atoms with van der Waals surface area (Å²) in [4.78, 5) is 42.9. The molecule has 0 aliphatic carbocycles. The van der Waals surface area contributed by atoms with Crippen molar-refractivity contribution in [3.8, 4) is 5.75 Å². The molecular formula is C26H24N4O4S. The zero-order chi connectivity index (χ0) is 24.6. The van der Waals surface area contributed by atoms with Crippen LogP contribution in [0, 0.1) is 0 Å². The molecule has 1 aromatic heterocycles. The third kappa shape index (κ3) is 6.27. The lowest BCUT2D eigenvalue weighted by Gasteiger charge is -2.14. The molecule has 178 valence electrons. The Morgan fingerprint density at radius 3 is 2.40 bits per heavy atom. The van der Waals surface area contributed by atoms with E-state index in [-0.39, 0.29) is 29.1 Å². The summed E-state index contributed by atoms with van der Waals surface area (Å²) in [5.74, 6) is 0.0716. The molecule has 1 heterocycles. The number of para-hydroxylation sites is 1. The van der Waals surface area contributed by atoms with Gasteiger partial charge in [0.1, 0.15) is 5.75 Å². The van der Waals surface area contributed by atoms with Crippen molar-refractivity contribution < 1.29 is 14.3 Å². The summed E-state index contributed by atoms with van der Waals surface area (Å²) in [7, 11) is 0. The van der Waals surface area contributed by atoms with Crippen molar-refractivity contribution in [3.63, 3.8) is 0 Å². The molecule has 0 aliphatic rings. The topological polar surface area (TPSA) is 102 Å². The summed E-state index contributed by atoms with van der Waals surface area (Å²) in [5, 5.41) is 3.40. The van der Waals surface area contributed by atoms with Gasteiger partial charge in [0.05, 0.1) is 29.7 Å². The van der Waals surface area contributed by atoms with Gasteiger partial charge in [0, 0.05) is 5.69 Å². The maximum atomic E-state index is 13.1. The molecule has 0 saturated carbocycles. The second-order valence-corrected chi connectivity index (χ2v) is 8.49. The number of anilines is 1. The molecule has 4 aromatic rings. The molecule has 0 fully saturated rings. The number of nitrogens with one attached hydrogen (secondary N) is 2. The molecule has 35 heavy (non-hydrogen) atoms. The van der Waals surface area contributed by atoms with Gasteiger partial charge in [0.2, 0.25) is 11.8 Å². The predicted molar refractivity (Wildman–Crippen MR) is 137 cm³/mol. The second-order valence-electron chi connectivity index (χ2n) is 7.54. The van der Waals surface area contributed by atoms with Crippen LogP contribution in [-0.2, 0) is 16.0 Å². The van der Waals surface area contributed by atoms with Gasteiger partial charge in [0.15, 0.2) is 5.16 Å². The van der Waals surface area contributed by atoms with Crippen molar-refractivity contribution in [2.75, 3.05) is 23.1 Å². The Hall–Kier alpha value is -4.11. The fourth-order valence-electron chi connectivity index (χ4n) is 3.38. The van der Waals surface area contributed by atoms with Crippen molar-refractivity contribution in [1.29, 1.82) is 0 Å². The number of rotatable bonds is 9. The molecule has 2 N–H and O–H groups in total. The molecule has 0 aliphatic heterocycles. The summed E-state index contributed by atoms with van der Waals surface area (Å²) in [6, 6.07) is 23.2. The summed E-state index contributed by atoms with van der Waals surface area (Å²) in [5.41, 5.74) is 4.16. The lowest BCUT2D eigenvalue weighted by atomic mass is 10.1. The molecule has 3 aromatic carbocycles. The average Bonchev–Trinajstić information content (AvgIpc) is 2.87. The normalized spacial score (nSPS) is 10.7. The summed E-state index contributed by atoms with van der Waals surface area (Å²) in [6.45, 7) is 2.46. The monoisotopic (exact) mass is 488 g/mol. The van der Waals surface area contributed by atoms with Gasteiger partial charge in [-0.2, -0.15) is 4.68 Å². The quantitative estimate of drug-likeness (QED) is 0.274. The highest BCUT2D eigenvalue weighted by Crippen LogP contribution is 2.19. The lowest BCUT2D eigenvalue weighted by Crippen LogP contribution is -2.36. The number of ether oxygens (including phenoxy) is 1. The number of benzene rings is 3. The van der Waals surface area contributed by atoms with Gasteiger partial charge in [0.25, 0.3) is 5.56 Å². The number of hydrogen-bond donors (Lipinski definition) is 2. The molecule has 2 amide bonds. The summed E-state index contributed by atoms with van der Waals surface area (Å²) < 4.78 is 6.52. The number of amides is 2. The fourth-order valence-corrected chi connectivity index (χ4v) is 4.13. The first-order valence-corrected chi connectivity index (χ1v) is 12.0. The SMILES string of the molecule is CCOc1ccc(NC(=O)CSc2nc3ccccc3c(=O)n2NC(=O)Cc2ccccc2)cc1. The molecule has 0 bridgehead atoms. The van der Waals surface area contributed by atoms with Crippen LogP contribution in [0.25, 0.3) is 10.9 Å². The second kappa shape index (κ2) is 11.3. The number of nitrogens with zero attached hydrogens (tertiary/aromatic N) is 2. The molecule has 0 atom stereocenters. The third-order valence-electron chi connectivity index (χ3n) is 4.97. The lowest BCUT2D eigenvalue weighted by molar-refractivity contribution is -0.116. The Labute approximate surface area is 206 Å². The standard InChI is InChI=1S/C26H24N4O4S/c1-2-34-20-14-12-19(13-15-20)27-24(32)17-35-26-28-22-11-7-6-10-21(22)25(33)30(26)29-23(31)16-18-8-4-3-5-9-18/h3-15H,2,16-17H2,1H3,(H,27,32)(H,29,31). The summed E-state index contributed by atoms with van der Waals surface area (Å²) in [6.07, 6.45) is 0.0996. The van der Waals surface area contributed by atoms with E-state index in [0.717, 1.165) is 27.8 Å². The van der Waals surface area contributed by atoms with Crippen molar-refractivity contribution in [3.05, 3.63) is 94.8 Å².